The number of rotatable bonds is 5. The Morgan fingerprint density at radius 1 is 1.19 bits per heavy atom. The quantitative estimate of drug-likeness (QED) is 0.917. The van der Waals surface area contributed by atoms with Crippen LogP contribution in [-0.4, -0.2) is 15.8 Å². The summed E-state index contributed by atoms with van der Waals surface area (Å²) in [6.07, 6.45) is 2.96. The second-order valence-electron chi connectivity index (χ2n) is 6.21. The van der Waals surface area contributed by atoms with Crippen molar-refractivity contribution in [2.45, 2.75) is 53.0 Å². The summed E-state index contributed by atoms with van der Waals surface area (Å²) in [5, 5.41) is 4.47. The second-order valence-corrected chi connectivity index (χ2v) is 6.21. The van der Waals surface area contributed by atoms with E-state index in [2.05, 4.69) is 51.0 Å². The van der Waals surface area contributed by atoms with Gasteiger partial charge in [0.25, 0.3) is 0 Å². The zero-order chi connectivity index (χ0) is 15.6. The van der Waals surface area contributed by atoms with E-state index in [0.29, 0.717) is 0 Å². The molecule has 0 amide bonds. The minimum atomic E-state index is 0.199. The summed E-state index contributed by atoms with van der Waals surface area (Å²) in [5.74, 6) is 0. The van der Waals surface area contributed by atoms with E-state index in [9.17, 15) is 0 Å². The van der Waals surface area contributed by atoms with Crippen molar-refractivity contribution in [3.63, 3.8) is 0 Å². The van der Waals surface area contributed by atoms with Gasteiger partial charge in [-0.25, -0.2) is 0 Å². The Morgan fingerprint density at radius 3 is 2.52 bits per heavy atom. The van der Waals surface area contributed by atoms with E-state index >= 15 is 0 Å². The number of nitrogens with zero attached hydrogens (tertiary/aromatic N) is 2. The number of benzene rings is 1. The summed E-state index contributed by atoms with van der Waals surface area (Å²) in [5.41, 5.74) is 14.1. The van der Waals surface area contributed by atoms with Crippen LogP contribution >= 0.6 is 0 Å². The van der Waals surface area contributed by atoms with E-state index in [1.165, 1.54) is 27.9 Å². The first-order chi connectivity index (χ1) is 9.88. The summed E-state index contributed by atoms with van der Waals surface area (Å²) in [4.78, 5) is 0. The lowest BCUT2D eigenvalue weighted by molar-refractivity contribution is 0.606. The molecule has 2 N–H and O–H groups in total. The van der Waals surface area contributed by atoms with Gasteiger partial charge >= 0.3 is 0 Å². The van der Waals surface area contributed by atoms with Crippen LogP contribution < -0.4 is 5.73 Å². The maximum atomic E-state index is 6.35. The molecule has 0 aliphatic heterocycles. The molecule has 1 unspecified atom stereocenters. The molecule has 0 saturated heterocycles. The highest BCUT2D eigenvalue weighted by atomic mass is 15.3. The fourth-order valence-electron chi connectivity index (χ4n) is 2.91. The van der Waals surface area contributed by atoms with Gasteiger partial charge in [0.1, 0.15) is 0 Å². The fraction of sp³-hybridized carbons (Fsp3) is 0.500. The summed E-state index contributed by atoms with van der Waals surface area (Å²) < 4.78 is 1.96. The first-order valence-corrected chi connectivity index (χ1v) is 7.69. The molecule has 1 aromatic heterocycles. The molecule has 114 valence electrons. The summed E-state index contributed by atoms with van der Waals surface area (Å²) in [7, 11) is 2.00. The van der Waals surface area contributed by atoms with Crippen molar-refractivity contribution in [1.29, 1.82) is 0 Å². The van der Waals surface area contributed by atoms with Crippen molar-refractivity contribution in [3.8, 4) is 0 Å². The fourth-order valence-corrected chi connectivity index (χ4v) is 2.91. The first kappa shape index (κ1) is 15.8. The van der Waals surface area contributed by atoms with Gasteiger partial charge in [-0.1, -0.05) is 23.8 Å². The van der Waals surface area contributed by atoms with Crippen LogP contribution in [0.3, 0.4) is 0 Å². The SMILES string of the molecule is Cc1ccc(C)c(CC(N)CCc2c(C)nn(C)c2C)c1. The van der Waals surface area contributed by atoms with Gasteiger partial charge in [0.2, 0.25) is 0 Å². The zero-order valence-electron chi connectivity index (χ0n) is 13.9. The van der Waals surface area contributed by atoms with Crippen molar-refractivity contribution in [2.75, 3.05) is 0 Å². The third-order valence-corrected chi connectivity index (χ3v) is 4.41. The molecule has 0 aliphatic rings. The maximum Gasteiger partial charge on any atom is 0.0628 e. The van der Waals surface area contributed by atoms with Crippen LogP contribution in [0.4, 0.5) is 0 Å². The molecule has 1 heterocycles. The zero-order valence-corrected chi connectivity index (χ0v) is 13.9. The molecule has 0 spiro atoms. The monoisotopic (exact) mass is 285 g/mol. The lowest BCUT2D eigenvalue weighted by Crippen LogP contribution is -2.24. The Balaban J connectivity index is 1.99. The highest BCUT2D eigenvalue weighted by molar-refractivity contribution is 5.31. The molecule has 0 radical (unpaired) electrons. The second kappa shape index (κ2) is 6.44. The number of aromatic nitrogens is 2. The van der Waals surface area contributed by atoms with Crippen LogP contribution in [0, 0.1) is 27.7 Å². The van der Waals surface area contributed by atoms with Crippen LogP contribution in [0.1, 0.15) is 40.1 Å². The van der Waals surface area contributed by atoms with Crippen LogP contribution in [-0.2, 0) is 19.9 Å². The molecule has 2 rings (SSSR count). The molecule has 21 heavy (non-hydrogen) atoms. The predicted molar refractivity (Wildman–Crippen MR) is 88.6 cm³/mol. The van der Waals surface area contributed by atoms with Gasteiger partial charge in [0, 0.05) is 18.8 Å². The summed E-state index contributed by atoms with van der Waals surface area (Å²) in [6.45, 7) is 8.51. The van der Waals surface area contributed by atoms with Gasteiger partial charge in [-0.05, 0) is 63.6 Å². The van der Waals surface area contributed by atoms with Crippen molar-refractivity contribution in [2.24, 2.45) is 12.8 Å². The average molecular weight is 285 g/mol. The highest BCUT2D eigenvalue weighted by Gasteiger charge is 2.12. The van der Waals surface area contributed by atoms with Crippen molar-refractivity contribution >= 4 is 0 Å². The molecular weight excluding hydrogens is 258 g/mol. The Bertz CT molecular complexity index is 626. The summed E-state index contributed by atoms with van der Waals surface area (Å²) in [6, 6.07) is 6.81. The Kier molecular flexibility index (Phi) is 4.84. The molecule has 2 aromatic rings. The Hall–Kier alpha value is -1.61. The molecular formula is C18H27N3. The minimum Gasteiger partial charge on any atom is -0.327 e. The number of hydrogen-bond acceptors (Lipinski definition) is 2. The van der Waals surface area contributed by atoms with Crippen LogP contribution in [0.15, 0.2) is 18.2 Å². The standard InChI is InChI=1S/C18H27N3/c1-12-6-7-13(2)16(10-12)11-17(19)8-9-18-14(3)20-21(5)15(18)4/h6-7,10,17H,8-9,11,19H2,1-5H3. The van der Waals surface area contributed by atoms with Gasteiger partial charge in [-0.15, -0.1) is 0 Å². The Morgan fingerprint density at radius 2 is 1.90 bits per heavy atom. The predicted octanol–water partition coefficient (Wildman–Crippen LogP) is 3.16. The molecule has 0 fully saturated rings. The van der Waals surface area contributed by atoms with Gasteiger partial charge in [-0.3, -0.25) is 4.68 Å². The average Bonchev–Trinajstić information content (AvgIpc) is 2.66. The molecule has 0 saturated carbocycles. The third kappa shape index (κ3) is 3.73. The minimum absolute atomic E-state index is 0.199. The van der Waals surface area contributed by atoms with Crippen LogP contribution in [0.25, 0.3) is 0 Å². The molecule has 1 atom stereocenters. The van der Waals surface area contributed by atoms with Crippen LogP contribution in [0.5, 0.6) is 0 Å². The van der Waals surface area contributed by atoms with Crippen LogP contribution in [0.2, 0.25) is 0 Å². The maximum absolute atomic E-state index is 6.35. The van der Waals surface area contributed by atoms with E-state index in [1.807, 2.05) is 11.7 Å². The third-order valence-electron chi connectivity index (χ3n) is 4.41. The lowest BCUT2D eigenvalue weighted by Gasteiger charge is -2.14. The van der Waals surface area contributed by atoms with Crippen molar-refractivity contribution in [3.05, 3.63) is 51.8 Å². The van der Waals surface area contributed by atoms with E-state index in [4.69, 9.17) is 5.73 Å². The smallest absolute Gasteiger partial charge is 0.0628 e. The molecule has 0 bridgehead atoms. The number of aryl methyl sites for hydroxylation is 4. The highest BCUT2D eigenvalue weighted by Crippen LogP contribution is 2.17. The van der Waals surface area contributed by atoms with Crippen molar-refractivity contribution < 1.29 is 0 Å². The van der Waals surface area contributed by atoms with E-state index in [0.717, 1.165) is 25.0 Å². The Labute approximate surface area is 128 Å². The van der Waals surface area contributed by atoms with Gasteiger partial charge in [0.15, 0.2) is 0 Å². The first-order valence-electron chi connectivity index (χ1n) is 7.69. The van der Waals surface area contributed by atoms with Crippen molar-refractivity contribution in [1.82, 2.24) is 9.78 Å². The molecule has 0 aliphatic carbocycles. The van der Waals surface area contributed by atoms with Gasteiger partial charge in [-0.2, -0.15) is 5.10 Å². The molecule has 3 heteroatoms. The van der Waals surface area contributed by atoms with Gasteiger partial charge < -0.3 is 5.73 Å². The largest absolute Gasteiger partial charge is 0.327 e. The summed E-state index contributed by atoms with van der Waals surface area (Å²) >= 11 is 0. The topological polar surface area (TPSA) is 43.8 Å². The van der Waals surface area contributed by atoms with E-state index in [1.54, 1.807) is 0 Å². The normalized spacial score (nSPS) is 12.7. The number of nitrogens with two attached hydrogens (primary N) is 1. The van der Waals surface area contributed by atoms with Gasteiger partial charge in [0.05, 0.1) is 5.69 Å². The number of hydrogen-bond donors (Lipinski definition) is 1. The van der Waals surface area contributed by atoms with E-state index in [-0.39, 0.29) is 6.04 Å². The van der Waals surface area contributed by atoms with E-state index < -0.39 is 0 Å². The molecule has 3 nitrogen and oxygen atoms in total. The lowest BCUT2D eigenvalue weighted by atomic mass is 9.95. The molecule has 1 aromatic carbocycles.